The van der Waals surface area contributed by atoms with Crippen LogP contribution in [0.4, 0.5) is 0 Å². The molecule has 0 spiro atoms. The molecule has 0 aromatic carbocycles. The Morgan fingerprint density at radius 1 is 1.90 bits per heavy atom. The lowest BCUT2D eigenvalue weighted by Gasteiger charge is -2.11. The molecule has 0 bridgehead atoms. The van der Waals surface area contributed by atoms with E-state index >= 15 is 0 Å². The van der Waals surface area contributed by atoms with Gasteiger partial charge in [0.15, 0.2) is 0 Å². The summed E-state index contributed by atoms with van der Waals surface area (Å²) in [6.45, 7) is 0.682. The number of ether oxygens (including phenoxy) is 2. The van der Waals surface area contributed by atoms with E-state index in [-0.39, 0.29) is 6.10 Å². The summed E-state index contributed by atoms with van der Waals surface area (Å²) in [5.74, 6) is 1.79. The fourth-order valence-corrected chi connectivity index (χ4v) is 1.25. The highest BCUT2D eigenvalue weighted by atomic mass is 32.1. The van der Waals surface area contributed by atoms with E-state index < -0.39 is 0 Å². The Morgan fingerprint density at radius 3 is 3.30 bits per heavy atom. The SMILES string of the molecule is COC1=CCO[C@@H]1CCS. The quantitative estimate of drug-likeness (QED) is 0.626. The van der Waals surface area contributed by atoms with Gasteiger partial charge < -0.3 is 9.47 Å². The maximum atomic E-state index is 5.33. The van der Waals surface area contributed by atoms with Gasteiger partial charge in [0.1, 0.15) is 11.9 Å². The lowest BCUT2D eigenvalue weighted by Crippen LogP contribution is -2.11. The molecule has 1 rings (SSSR count). The first-order valence-corrected chi connectivity index (χ1v) is 3.98. The lowest BCUT2D eigenvalue weighted by atomic mass is 10.2. The minimum Gasteiger partial charge on any atom is -0.499 e. The summed E-state index contributed by atoms with van der Waals surface area (Å²) in [6.07, 6.45) is 3.05. The molecule has 0 amide bonds. The zero-order valence-corrected chi connectivity index (χ0v) is 6.93. The van der Waals surface area contributed by atoms with Crippen molar-refractivity contribution in [2.45, 2.75) is 12.5 Å². The number of hydrogen-bond acceptors (Lipinski definition) is 3. The third-order valence-corrected chi connectivity index (χ3v) is 1.78. The van der Waals surface area contributed by atoms with Crippen molar-refractivity contribution in [1.29, 1.82) is 0 Å². The molecule has 0 saturated heterocycles. The summed E-state index contributed by atoms with van der Waals surface area (Å²) >= 11 is 4.11. The van der Waals surface area contributed by atoms with E-state index in [0.29, 0.717) is 6.61 Å². The van der Waals surface area contributed by atoms with Crippen molar-refractivity contribution in [2.24, 2.45) is 0 Å². The van der Waals surface area contributed by atoms with E-state index in [0.717, 1.165) is 17.9 Å². The molecule has 2 nitrogen and oxygen atoms in total. The van der Waals surface area contributed by atoms with Crippen molar-refractivity contribution in [3.05, 3.63) is 11.8 Å². The van der Waals surface area contributed by atoms with Crippen LogP contribution in [0.1, 0.15) is 6.42 Å². The van der Waals surface area contributed by atoms with Crippen LogP contribution in [0.3, 0.4) is 0 Å². The van der Waals surface area contributed by atoms with Gasteiger partial charge in [-0.05, 0) is 18.2 Å². The van der Waals surface area contributed by atoms with Crippen molar-refractivity contribution >= 4 is 12.6 Å². The topological polar surface area (TPSA) is 18.5 Å². The number of thiol groups is 1. The second-order valence-corrected chi connectivity index (χ2v) is 2.59. The van der Waals surface area contributed by atoms with E-state index in [9.17, 15) is 0 Å². The van der Waals surface area contributed by atoms with Crippen LogP contribution in [0.2, 0.25) is 0 Å². The first-order chi connectivity index (χ1) is 4.88. The molecule has 0 radical (unpaired) electrons. The van der Waals surface area contributed by atoms with Gasteiger partial charge in [-0.3, -0.25) is 0 Å². The van der Waals surface area contributed by atoms with Crippen LogP contribution in [-0.4, -0.2) is 25.6 Å². The summed E-state index contributed by atoms with van der Waals surface area (Å²) < 4.78 is 10.4. The molecule has 0 saturated carbocycles. The number of methoxy groups -OCH3 is 1. The van der Waals surface area contributed by atoms with Crippen molar-refractivity contribution < 1.29 is 9.47 Å². The fourth-order valence-electron chi connectivity index (χ4n) is 1.02. The average molecular weight is 160 g/mol. The van der Waals surface area contributed by atoms with Crippen LogP contribution in [0, 0.1) is 0 Å². The van der Waals surface area contributed by atoms with Crippen LogP contribution in [0.15, 0.2) is 11.8 Å². The molecule has 3 heteroatoms. The predicted molar refractivity (Wildman–Crippen MR) is 43.3 cm³/mol. The van der Waals surface area contributed by atoms with Crippen LogP contribution < -0.4 is 0 Å². The molecule has 1 aliphatic heterocycles. The van der Waals surface area contributed by atoms with Crippen LogP contribution >= 0.6 is 12.6 Å². The highest BCUT2D eigenvalue weighted by Crippen LogP contribution is 2.17. The van der Waals surface area contributed by atoms with E-state index in [2.05, 4.69) is 12.6 Å². The first-order valence-electron chi connectivity index (χ1n) is 3.35. The van der Waals surface area contributed by atoms with Crippen LogP contribution in [0.5, 0.6) is 0 Å². The third kappa shape index (κ3) is 1.67. The normalized spacial score (nSPS) is 24.6. The van der Waals surface area contributed by atoms with Gasteiger partial charge in [0.25, 0.3) is 0 Å². The zero-order chi connectivity index (χ0) is 7.40. The van der Waals surface area contributed by atoms with Crippen molar-refractivity contribution in [1.82, 2.24) is 0 Å². The Kier molecular flexibility index (Phi) is 3.09. The number of hydrogen-bond donors (Lipinski definition) is 1. The molecule has 1 aliphatic rings. The highest BCUT2D eigenvalue weighted by Gasteiger charge is 2.19. The van der Waals surface area contributed by atoms with E-state index in [1.165, 1.54) is 0 Å². The Morgan fingerprint density at radius 2 is 2.70 bits per heavy atom. The summed E-state index contributed by atoms with van der Waals surface area (Å²) in [7, 11) is 1.67. The predicted octanol–water partition coefficient (Wildman–Crippen LogP) is 1.24. The van der Waals surface area contributed by atoms with E-state index in [1.54, 1.807) is 7.11 Å². The molecule has 0 aromatic rings. The second-order valence-electron chi connectivity index (χ2n) is 2.14. The largest absolute Gasteiger partial charge is 0.499 e. The molecule has 0 aromatic heterocycles. The van der Waals surface area contributed by atoms with Gasteiger partial charge in [0.05, 0.1) is 13.7 Å². The van der Waals surface area contributed by atoms with Crippen molar-refractivity contribution in [2.75, 3.05) is 19.5 Å². The van der Waals surface area contributed by atoms with Gasteiger partial charge in [0, 0.05) is 0 Å². The van der Waals surface area contributed by atoms with E-state index in [4.69, 9.17) is 9.47 Å². The summed E-state index contributed by atoms with van der Waals surface area (Å²) in [4.78, 5) is 0. The van der Waals surface area contributed by atoms with Gasteiger partial charge in [0.2, 0.25) is 0 Å². The van der Waals surface area contributed by atoms with E-state index in [1.807, 2.05) is 6.08 Å². The Labute approximate surface area is 66.6 Å². The van der Waals surface area contributed by atoms with Crippen LogP contribution in [-0.2, 0) is 9.47 Å². The van der Waals surface area contributed by atoms with Gasteiger partial charge in [-0.25, -0.2) is 0 Å². The smallest absolute Gasteiger partial charge is 0.123 e. The summed E-state index contributed by atoms with van der Waals surface area (Å²) in [5, 5.41) is 0. The monoisotopic (exact) mass is 160 g/mol. The zero-order valence-electron chi connectivity index (χ0n) is 6.04. The molecule has 0 fully saturated rings. The Hall–Kier alpha value is -0.150. The lowest BCUT2D eigenvalue weighted by molar-refractivity contribution is 0.0834. The minimum atomic E-state index is 0.155. The third-order valence-electron chi connectivity index (χ3n) is 1.53. The van der Waals surface area contributed by atoms with Gasteiger partial charge >= 0.3 is 0 Å². The van der Waals surface area contributed by atoms with Gasteiger partial charge in [-0.2, -0.15) is 12.6 Å². The molecule has 0 N–H and O–H groups in total. The molecule has 10 heavy (non-hydrogen) atoms. The molecule has 1 heterocycles. The highest BCUT2D eigenvalue weighted by molar-refractivity contribution is 7.80. The average Bonchev–Trinajstić information content (AvgIpc) is 2.36. The summed E-state index contributed by atoms with van der Waals surface area (Å²) in [6, 6.07) is 0. The second kappa shape index (κ2) is 3.88. The molecular weight excluding hydrogens is 148 g/mol. The molecule has 0 aliphatic carbocycles. The fraction of sp³-hybridized carbons (Fsp3) is 0.714. The first kappa shape index (κ1) is 7.95. The summed E-state index contributed by atoms with van der Waals surface area (Å²) in [5.41, 5.74) is 0. The maximum absolute atomic E-state index is 5.33. The molecular formula is C7H12O2S. The van der Waals surface area contributed by atoms with Crippen molar-refractivity contribution in [3.63, 3.8) is 0 Å². The molecule has 1 atom stereocenters. The van der Waals surface area contributed by atoms with Crippen LogP contribution in [0.25, 0.3) is 0 Å². The standard InChI is InChI=1S/C7H12O2S/c1-8-6-2-4-9-7(6)3-5-10/h2,7,10H,3-5H2,1H3/t7-/m1/s1. The van der Waals surface area contributed by atoms with Gasteiger partial charge in [-0.1, -0.05) is 0 Å². The Bertz CT molecular complexity index is 134. The maximum Gasteiger partial charge on any atom is 0.123 e. The van der Waals surface area contributed by atoms with Crippen molar-refractivity contribution in [3.8, 4) is 0 Å². The number of rotatable bonds is 3. The Balaban J connectivity index is 2.38. The molecule has 58 valence electrons. The minimum absolute atomic E-state index is 0.155. The van der Waals surface area contributed by atoms with Gasteiger partial charge in [-0.15, -0.1) is 0 Å². The molecule has 0 unspecified atom stereocenters.